The molecule has 1 aromatic carbocycles. The minimum absolute atomic E-state index is 0.0977. The molecule has 1 aromatic rings. The van der Waals surface area contributed by atoms with Crippen LogP contribution in [0.5, 0.6) is 5.75 Å². The standard InChI is InChI=1S/C10H10INO2/c1-12-5-6-3-9(14-2)8(11)4-7(6)10(12)13/h3-4H,5H2,1-2H3. The van der Waals surface area contributed by atoms with Crippen molar-refractivity contribution in [2.45, 2.75) is 6.54 Å². The Hall–Kier alpha value is -0.780. The number of halogens is 1. The minimum Gasteiger partial charge on any atom is -0.496 e. The van der Waals surface area contributed by atoms with E-state index in [-0.39, 0.29) is 5.91 Å². The van der Waals surface area contributed by atoms with Crippen molar-refractivity contribution in [2.24, 2.45) is 0 Å². The van der Waals surface area contributed by atoms with Crippen LogP contribution in [0.1, 0.15) is 15.9 Å². The molecule has 1 heterocycles. The summed E-state index contributed by atoms with van der Waals surface area (Å²) in [6, 6.07) is 3.83. The van der Waals surface area contributed by atoms with Crippen molar-refractivity contribution in [3.05, 3.63) is 26.8 Å². The van der Waals surface area contributed by atoms with E-state index in [9.17, 15) is 4.79 Å². The van der Waals surface area contributed by atoms with Crippen molar-refractivity contribution in [3.63, 3.8) is 0 Å². The second-order valence-corrected chi connectivity index (χ2v) is 4.47. The molecule has 0 N–H and O–H groups in total. The van der Waals surface area contributed by atoms with Gasteiger partial charge in [-0.1, -0.05) is 0 Å². The first kappa shape index (κ1) is 9.76. The molecule has 0 atom stereocenters. The van der Waals surface area contributed by atoms with Crippen LogP contribution >= 0.6 is 22.6 Å². The van der Waals surface area contributed by atoms with Gasteiger partial charge < -0.3 is 9.64 Å². The number of ether oxygens (including phenoxy) is 1. The maximum atomic E-state index is 11.6. The molecule has 74 valence electrons. The zero-order valence-electron chi connectivity index (χ0n) is 8.00. The lowest BCUT2D eigenvalue weighted by molar-refractivity contribution is 0.0816. The summed E-state index contributed by atoms with van der Waals surface area (Å²) in [5.41, 5.74) is 1.85. The monoisotopic (exact) mass is 303 g/mol. The van der Waals surface area contributed by atoms with Crippen molar-refractivity contribution in [2.75, 3.05) is 14.2 Å². The number of hydrogen-bond acceptors (Lipinski definition) is 2. The Kier molecular flexibility index (Phi) is 2.38. The number of carbonyl (C=O) groups excluding carboxylic acids is 1. The van der Waals surface area contributed by atoms with Crippen molar-refractivity contribution >= 4 is 28.5 Å². The van der Waals surface area contributed by atoms with Gasteiger partial charge in [-0.2, -0.15) is 0 Å². The third-order valence-corrected chi connectivity index (χ3v) is 3.21. The Balaban J connectivity index is 2.54. The van der Waals surface area contributed by atoms with Crippen LogP contribution in [-0.2, 0) is 6.54 Å². The molecule has 0 bridgehead atoms. The van der Waals surface area contributed by atoms with Crippen molar-refractivity contribution < 1.29 is 9.53 Å². The zero-order chi connectivity index (χ0) is 10.3. The highest BCUT2D eigenvalue weighted by molar-refractivity contribution is 14.1. The van der Waals surface area contributed by atoms with Gasteiger partial charge in [-0.25, -0.2) is 0 Å². The molecular weight excluding hydrogens is 293 g/mol. The third kappa shape index (κ3) is 1.37. The molecule has 2 rings (SSSR count). The van der Waals surface area contributed by atoms with Crippen LogP contribution in [0, 0.1) is 3.57 Å². The summed E-state index contributed by atoms with van der Waals surface area (Å²) in [7, 11) is 3.45. The molecule has 0 fully saturated rings. The number of carbonyl (C=O) groups is 1. The van der Waals surface area contributed by atoms with Gasteiger partial charge in [0.05, 0.1) is 10.7 Å². The first-order chi connectivity index (χ1) is 6.63. The summed E-state index contributed by atoms with van der Waals surface area (Å²) in [5, 5.41) is 0. The predicted molar refractivity (Wildman–Crippen MR) is 61.5 cm³/mol. The van der Waals surface area contributed by atoms with E-state index in [4.69, 9.17) is 4.74 Å². The molecule has 0 spiro atoms. The molecule has 1 amide bonds. The Morgan fingerprint density at radius 1 is 1.50 bits per heavy atom. The SMILES string of the molecule is COc1cc2c(cc1I)C(=O)N(C)C2. The van der Waals surface area contributed by atoms with Crippen LogP contribution < -0.4 is 4.74 Å². The van der Waals surface area contributed by atoms with Gasteiger partial charge >= 0.3 is 0 Å². The van der Waals surface area contributed by atoms with Crippen molar-refractivity contribution in [3.8, 4) is 5.75 Å². The van der Waals surface area contributed by atoms with Gasteiger partial charge in [0.15, 0.2) is 0 Å². The van der Waals surface area contributed by atoms with Crippen LogP contribution in [0.2, 0.25) is 0 Å². The first-order valence-corrected chi connectivity index (χ1v) is 5.33. The van der Waals surface area contributed by atoms with Crippen LogP contribution in [0.3, 0.4) is 0 Å². The van der Waals surface area contributed by atoms with E-state index < -0.39 is 0 Å². The summed E-state index contributed by atoms with van der Waals surface area (Å²) in [5.74, 6) is 0.938. The van der Waals surface area contributed by atoms with Gasteiger partial charge in [0.25, 0.3) is 5.91 Å². The summed E-state index contributed by atoms with van der Waals surface area (Å²) in [6.45, 7) is 0.682. The lowest BCUT2D eigenvalue weighted by atomic mass is 10.1. The van der Waals surface area contributed by atoms with E-state index in [1.807, 2.05) is 19.2 Å². The molecule has 14 heavy (non-hydrogen) atoms. The summed E-state index contributed by atoms with van der Waals surface area (Å²) in [6.07, 6.45) is 0. The fraction of sp³-hybridized carbons (Fsp3) is 0.300. The molecule has 1 aliphatic rings. The van der Waals surface area contributed by atoms with E-state index in [1.165, 1.54) is 0 Å². The Bertz CT molecular complexity index is 403. The van der Waals surface area contributed by atoms with E-state index in [2.05, 4.69) is 22.6 Å². The fourth-order valence-electron chi connectivity index (χ4n) is 1.61. The zero-order valence-corrected chi connectivity index (χ0v) is 10.2. The van der Waals surface area contributed by atoms with Crippen LogP contribution in [0.25, 0.3) is 0 Å². The van der Waals surface area contributed by atoms with Gasteiger partial charge in [0.1, 0.15) is 5.75 Å². The van der Waals surface area contributed by atoms with Gasteiger partial charge in [0, 0.05) is 19.2 Å². The molecule has 4 heteroatoms. The summed E-state index contributed by atoms with van der Waals surface area (Å²) < 4.78 is 6.18. The number of benzene rings is 1. The quantitative estimate of drug-likeness (QED) is 0.742. The smallest absolute Gasteiger partial charge is 0.254 e. The lowest BCUT2D eigenvalue weighted by Gasteiger charge is -2.04. The predicted octanol–water partition coefficient (Wildman–Crippen LogP) is 1.89. The average Bonchev–Trinajstić information content (AvgIpc) is 2.43. The Labute approximate surface area is 96.2 Å². The van der Waals surface area contributed by atoms with E-state index >= 15 is 0 Å². The molecular formula is C10H10INO2. The topological polar surface area (TPSA) is 29.5 Å². The highest BCUT2D eigenvalue weighted by Crippen LogP contribution is 2.30. The molecule has 0 aromatic heterocycles. The second kappa shape index (κ2) is 3.42. The molecule has 3 nitrogen and oxygen atoms in total. The van der Waals surface area contributed by atoms with Gasteiger partial charge in [-0.05, 0) is 40.3 Å². The Morgan fingerprint density at radius 2 is 2.21 bits per heavy atom. The third-order valence-electron chi connectivity index (χ3n) is 2.36. The number of amides is 1. The first-order valence-electron chi connectivity index (χ1n) is 4.25. The highest BCUT2D eigenvalue weighted by atomic mass is 127. The van der Waals surface area contributed by atoms with Gasteiger partial charge in [-0.3, -0.25) is 4.79 Å². The molecule has 0 unspecified atom stereocenters. The number of methoxy groups -OCH3 is 1. The molecule has 0 saturated carbocycles. The fourth-order valence-corrected chi connectivity index (χ4v) is 2.30. The number of nitrogens with zero attached hydrogens (tertiary/aromatic N) is 1. The van der Waals surface area contributed by atoms with Gasteiger partial charge in [0.2, 0.25) is 0 Å². The molecule has 0 radical (unpaired) electrons. The maximum Gasteiger partial charge on any atom is 0.254 e. The Morgan fingerprint density at radius 3 is 2.86 bits per heavy atom. The molecule has 0 saturated heterocycles. The second-order valence-electron chi connectivity index (χ2n) is 3.31. The average molecular weight is 303 g/mol. The van der Waals surface area contributed by atoms with Crippen molar-refractivity contribution in [1.29, 1.82) is 0 Å². The van der Waals surface area contributed by atoms with E-state index in [0.717, 1.165) is 20.4 Å². The maximum absolute atomic E-state index is 11.6. The lowest BCUT2D eigenvalue weighted by Crippen LogP contribution is -2.17. The van der Waals surface area contributed by atoms with Gasteiger partial charge in [-0.15, -0.1) is 0 Å². The van der Waals surface area contributed by atoms with Crippen LogP contribution in [0.15, 0.2) is 12.1 Å². The number of rotatable bonds is 1. The molecule has 0 aliphatic carbocycles. The summed E-state index contributed by atoms with van der Waals surface area (Å²) in [4.78, 5) is 13.3. The van der Waals surface area contributed by atoms with Crippen molar-refractivity contribution in [1.82, 2.24) is 4.90 Å². The highest BCUT2D eigenvalue weighted by Gasteiger charge is 2.25. The minimum atomic E-state index is 0.0977. The van der Waals surface area contributed by atoms with E-state index in [0.29, 0.717) is 6.54 Å². The van der Waals surface area contributed by atoms with Crippen LogP contribution in [0.4, 0.5) is 0 Å². The number of hydrogen-bond donors (Lipinski definition) is 0. The van der Waals surface area contributed by atoms with Crippen LogP contribution in [-0.4, -0.2) is 25.0 Å². The normalized spacial score (nSPS) is 14.5. The largest absolute Gasteiger partial charge is 0.496 e. The summed E-state index contributed by atoms with van der Waals surface area (Å²) >= 11 is 2.18. The number of fused-ring (bicyclic) bond motifs is 1. The van der Waals surface area contributed by atoms with E-state index in [1.54, 1.807) is 12.0 Å². The molecule has 1 aliphatic heterocycles.